The van der Waals surface area contributed by atoms with Gasteiger partial charge in [-0.3, -0.25) is 9.59 Å². The lowest BCUT2D eigenvalue weighted by Gasteiger charge is -2.29. The number of benzene rings is 2. The predicted octanol–water partition coefficient (Wildman–Crippen LogP) is 3.14. The average Bonchev–Trinajstić information content (AvgIpc) is 3.17. The van der Waals surface area contributed by atoms with E-state index in [-0.39, 0.29) is 24.0 Å². The van der Waals surface area contributed by atoms with E-state index in [2.05, 4.69) is 10.6 Å². The van der Waals surface area contributed by atoms with Crippen molar-refractivity contribution in [3.63, 3.8) is 0 Å². The third-order valence-electron chi connectivity index (χ3n) is 5.79. The van der Waals surface area contributed by atoms with Crippen LogP contribution < -0.4 is 24.8 Å². The van der Waals surface area contributed by atoms with E-state index in [9.17, 15) is 14.0 Å². The van der Waals surface area contributed by atoms with Gasteiger partial charge in [0, 0.05) is 36.6 Å². The fraction of sp³-hybridized carbons (Fsp3) is 0.417. The Morgan fingerprint density at radius 3 is 2.53 bits per heavy atom. The van der Waals surface area contributed by atoms with Gasteiger partial charge in [-0.1, -0.05) is 6.07 Å². The second-order valence-corrected chi connectivity index (χ2v) is 7.93. The van der Waals surface area contributed by atoms with Gasteiger partial charge in [0.25, 0.3) is 0 Å². The topological polar surface area (TPSA) is 85.9 Å². The smallest absolute Gasteiger partial charge is 0.220 e. The van der Waals surface area contributed by atoms with Crippen molar-refractivity contribution in [1.29, 1.82) is 0 Å². The second kappa shape index (κ2) is 10.3. The van der Waals surface area contributed by atoms with Crippen LogP contribution in [0.2, 0.25) is 0 Å². The fourth-order valence-electron chi connectivity index (χ4n) is 4.02. The van der Waals surface area contributed by atoms with Gasteiger partial charge < -0.3 is 24.8 Å². The predicted molar refractivity (Wildman–Crippen MR) is 117 cm³/mol. The Morgan fingerprint density at radius 2 is 1.88 bits per heavy atom. The van der Waals surface area contributed by atoms with E-state index in [1.807, 2.05) is 12.1 Å². The van der Waals surface area contributed by atoms with Gasteiger partial charge in [-0.2, -0.15) is 0 Å². The molecule has 0 aliphatic carbocycles. The van der Waals surface area contributed by atoms with Gasteiger partial charge in [0.05, 0.1) is 21.3 Å². The second-order valence-electron chi connectivity index (χ2n) is 7.93. The van der Waals surface area contributed by atoms with Crippen LogP contribution in [0.4, 0.5) is 4.39 Å². The highest BCUT2D eigenvalue weighted by Gasteiger charge is 2.38. The van der Waals surface area contributed by atoms with Crippen LogP contribution in [0.1, 0.15) is 36.8 Å². The van der Waals surface area contributed by atoms with Crippen molar-refractivity contribution in [1.82, 2.24) is 10.6 Å². The van der Waals surface area contributed by atoms with Crippen molar-refractivity contribution in [3.8, 4) is 17.2 Å². The molecule has 32 heavy (non-hydrogen) atoms. The summed E-state index contributed by atoms with van der Waals surface area (Å²) in [5.74, 6) is 0.868. The maximum atomic E-state index is 13.8. The van der Waals surface area contributed by atoms with Crippen molar-refractivity contribution in [2.24, 2.45) is 0 Å². The molecule has 1 heterocycles. The van der Waals surface area contributed by atoms with Crippen LogP contribution in [0.15, 0.2) is 36.4 Å². The zero-order valence-electron chi connectivity index (χ0n) is 18.6. The van der Waals surface area contributed by atoms with Crippen LogP contribution >= 0.6 is 0 Å². The molecule has 2 N–H and O–H groups in total. The van der Waals surface area contributed by atoms with Gasteiger partial charge in [0.15, 0.2) is 11.6 Å². The molecule has 2 aromatic rings. The molecule has 1 atom stereocenters. The number of rotatable bonds is 10. The molecular weight excluding hydrogens is 415 g/mol. The van der Waals surface area contributed by atoms with E-state index in [0.717, 1.165) is 11.1 Å². The molecule has 172 valence electrons. The van der Waals surface area contributed by atoms with Crippen molar-refractivity contribution in [2.75, 3.05) is 21.3 Å². The highest BCUT2D eigenvalue weighted by atomic mass is 19.1. The Bertz CT molecular complexity index is 981. The number of methoxy groups -OCH3 is 3. The lowest BCUT2D eigenvalue weighted by atomic mass is 9.85. The third-order valence-corrected chi connectivity index (χ3v) is 5.79. The Hall–Kier alpha value is -3.29. The molecular formula is C24H29FN2O5. The molecule has 0 saturated carbocycles. The first-order chi connectivity index (χ1) is 15.4. The standard InChI is InChI=1S/C24H29FN2O5/c1-30-18-6-5-17(20(13-18)31-2)15-26-22(28)8-10-24(11-9-23(29)27-24)14-16-4-7-19(25)21(12-16)32-3/h4-7,12-13H,8-11,14-15H2,1-3H3,(H,26,28)(H,27,29). The van der Waals surface area contributed by atoms with Crippen LogP contribution in [-0.2, 0) is 22.6 Å². The zero-order chi connectivity index (χ0) is 23.1. The monoisotopic (exact) mass is 444 g/mol. The highest BCUT2D eigenvalue weighted by molar-refractivity contribution is 5.80. The first-order valence-electron chi connectivity index (χ1n) is 10.5. The number of carbonyl (C=O) groups excluding carboxylic acids is 2. The number of carbonyl (C=O) groups is 2. The number of amides is 2. The Labute approximate surface area is 187 Å². The first-order valence-corrected chi connectivity index (χ1v) is 10.5. The number of nitrogens with one attached hydrogen (secondary N) is 2. The normalized spacial score (nSPS) is 17.6. The molecule has 2 aromatic carbocycles. The van der Waals surface area contributed by atoms with Crippen molar-refractivity contribution in [2.45, 2.75) is 44.2 Å². The van der Waals surface area contributed by atoms with E-state index in [1.165, 1.54) is 13.2 Å². The Morgan fingerprint density at radius 1 is 1.09 bits per heavy atom. The molecule has 1 aliphatic heterocycles. The molecule has 0 bridgehead atoms. The highest BCUT2D eigenvalue weighted by Crippen LogP contribution is 2.31. The Balaban J connectivity index is 1.62. The summed E-state index contributed by atoms with van der Waals surface area (Å²) in [7, 11) is 4.56. The lowest BCUT2D eigenvalue weighted by molar-refractivity contribution is -0.122. The Kier molecular flexibility index (Phi) is 7.56. The maximum Gasteiger partial charge on any atom is 0.220 e. The molecule has 1 unspecified atom stereocenters. The van der Waals surface area contributed by atoms with Gasteiger partial charge in [0.2, 0.25) is 11.8 Å². The van der Waals surface area contributed by atoms with Gasteiger partial charge in [-0.05, 0) is 49.1 Å². The van der Waals surface area contributed by atoms with E-state index in [0.29, 0.717) is 43.7 Å². The zero-order valence-corrected chi connectivity index (χ0v) is 18.6. The lowest BCUT2D eigenvalue weighted by Crippen LogP contribution is -2.44. The van der Waals surface area contributed by atoms with Crippen LogP contribution in [0.5, 0.6) is 17.2 Å². The van der Waals surface area contributed by atoms with Gasteiger partial charge in [-0.25, -0.2) is 4.39 Å². The van der Waals surface area contributed by atoms with Crippen LogP contribution in [0.25, 0.3) is 0 Å². The van der Waals surface area contributed by atoms with Gasteiger partial charge in [-0.15, -0.1) is 0 Å². The summed E-state index contributed by atoms with van der Waals surface area (Å²) in [5.41, 5.74) is 1.13. The minimum absolute atomic E-state index is 0.0394. The minimum Gasteiger partial charge on any atom is -0.497 e. The molecule has 8 heteroatoms. The molecule has 1 saturated heterocycles. The van der Waals surface area contributed by atoms with Crippen LogP contribution in [0, 0.1) is 5.82 Å². The van der Waals surface area contributed by atoms with Crippen molar-refractivity contribution in [3.05, 3.63) is 53.3 Å². The molecule has 2 amide bonds. The number of ether oxygens (including phenoxy) is 3. The molecule has 1 aliphatic rings. The SMILES string of the molecule is COc1ccc(CNC(=O)CCC2(Cc3ccc(F)c(OC)c3)CCC(=O)N2)c(OC)c1. The molecule has 0 spiro atoms. The molecule has 0 radical (unpaired) electrons. The summed E-state index contributed by atoms with van der Waals surface area (Å²) in [6.07, 6.45) is 2.24. The summed E-state index contributed by atoms with van der Waals surface area (Å²) in [5, 5.41) is 5.95. The van der Waals surface area contributed by atoms with E-state index >= 15 is 0 Å². The molecule has 0 aromatic heterocycles. The van der Waals surface area contributed by atoms with E-state index < -0.39 is 11.4 Å². The van der Waals surface area contributed by atoms with E-state index in [1.54, 1.807) is 32.4 Å². The summed E-state index contributed by atoms with van der Waals surface area (Å²) in [6, 6.07) is 10.1. The van der Waals surface area contributed by atoms with Crippen LogP contribution in [-0.4, -0.2) is 38.7 Å². The summed E-state index contributed by atoms with van der Waals surface area (Å²) in [6.45, 7) is 0.320. The molecule has 1 fully saturated rings. The third kappa shape index (κ3) is 5.69. The van der Waals surface area contributed by atoms with E-state index in [4.69, 9.17) is 14.2 Å². The molecule has 7 nitrogen and oxygen atoms in total. The summed E-state index contributed by atoms with van der Waals surface area (Å²) in [4.78, 5) is 24.5. The maximum absolute atomic E-state index is 13.8. The minimum atomic E-state index is -0.547. The first kappa shape index (κ1) is 23.4. The van der Waals surface area contributed by atoms with Gasteiger partial charge in [0.1, 0.15) is 11.5 Å². The van der Waals surface area contributed by atoms with Crippen molar-refractivity contribution < 1.29 is 28.2 Å². The number of hydrogen-bond acceptors (Lipinski definition) is 5. The summed E-state index contributed by atoms with van der Waals surface area (Å²) >= 11 is 0. The molecule has 3 rings (SSSR count). The average molecular weight is 445 g/mol. The van der Waals surface area contributed by atoms with Gasteiger partial charge >= 0.3 is 0 Å². The largest absolute Gasteiger partial charge is 0.497 e. The van der Waals surface area contributed by atoms with Crippen molar-refractivity contribution >= 4 is 11.8 Å². The number of hydrogen-bond donors (Lipinski definition) is 2. The summed E-state index contributed by atoms with van der Waals surface area (Å²) < 4.78 is 29.4. The fourth-order valence-corrected chi connectivity index (χ4v) is 4.02. The van der Waals surface area contributed by atoms with Crippen LogP contribution in [0.3, 0.4) is 0 Å². The quantitative estimate of drug-likeness (QED) is 0.588. The number of halogens is 1.